The molecule has 0 saturated heterocycles. The number of ether oxygens (including phenoxy) is 1. The molecule has 2 atom stereocenters. The second kappa shape index (κ2) is 5.48. The SMILES string of the molecule is COC(=O)CC[C@@]1(C)C(CO)=CCC[C@@H]1C. The van der Waals surface area contributed by atoms with Crippen LogP contribution in [-0.2, 0) is 9.53 Å². The van der Waals surface area contributed by atoms with Crippen LogP contribution in [0.1, 0.15) is 39.5 Å². The van der Waals surface area contributed by atoms with E-state index in [1.54, 1.807) is 0 Å². The molecule has 0 aromatic rings. The molecule has 0 bridgehead atoms. The fraction of sp³-hybridized carbons (Fsp3) is 0.769. The first kappa shape index (κ1) is 13.2. The van der Waals surface area contributed by atoms with Gasteiger partial charge >= 0.3 is 5.97 Å². The number of aliphatic hydroxyl groups is 1. The molecule has 0 aromatic heterocycles. The van der Waals surface area contributed by atoms with Crippen LogP contribution in [0.3, 0.4) is 0 Å². The van der Waals surface area contributed by atoms with Crippen molar-refractivity contribution in [2.45, 2.75) is 39.5 Å². The Morgan fingerprint density at radius 2 is 2.38 bits per heavy atom. The molecule has 16 heavy (non-hydrogen) atoms. The summed E-state index contributed by atoms with van der Waals surface area (Å²) in [6.07, 6.45) is 5.46. The van der Waals surface area contributed by atoms with Gasteiger partial charge in [0.2, 0.25) is 0 Å². The van der Waals surface area contributed by atoms with E-state index in [1.807, 2.05) is 0 Å². The molecule has 0 unspecified atom stereocenters. The Balaban J connectivity index is 2.73. The van der Waals surface area contributed by atoms with Crippen molar-refractivity contribution in [1.82, 2.24) is 0 Å². The molecule has 0 aromatic carbocycles. The van der Waals surface area contributed by atoms with Crippen molar-refractivity contribution in [3.63, 3.8) is 0 Å². The third kappa shape index (κ3) is 2.64. The van der Waals surface area contributed by atoms with Crippen molar-refractivity contribution in [2.75, 3.05) is 13.7 Å². The lowest BCUT2D eigenvalue weighted by Gasteiger charge is -2.40. The van der Waals surface area contributed by atoms with E-state index >= 15 is 0 Å². The lowest BCUT2D eigenvalue weighted by Crippen LogP contribution is -2.32. The third-order valence-corrected chi connectivity index (χ3v) is 4.06. The van der Waals surface area contributed by atoms with Crippen molar-refractivity contribution in [3.8, 4) is 0 Å². The van der Waals surface area contributed by atoms with Crippen LogP contribution < -0.4 is 0 Å². The maximum Gasteiger partial charge on any atom is 0.305 e. The minimum Gasteiger partial charge on any atom is -0.469 e. The molecular weight excluding hydrogens is 204 g/mol. The molecule has 1 N–H and O–H groups in total. The van der Waals surface area contributed by atoms with Gasteiger partial charge in [0, 0.05) is 6.42 Å². The number of carbonyl (C=O) groups is 1. The molecule has 1 aliphatic rings. The Morgan fingerprint density at radius 1 is 1.69 bits per heavy atom. The van der Waals surface area contributed by atoms with E-state index < -0.39 is 0 Å². The first-order valence-electron chi connectivity index (χ1n) is 5.91. The van der Waals surface area contributed by atoms with Gasteiger partial charge in [-0.25, -0.2) is 0 Å². The molecule has 0 heterocycles. The predicted molar refractivity (Wildman–Crippen MR) is 62.9 cm³/mol. The lowest BCUT2D eigenvalue weighted by molar-refractivity contribution is -0.141. The van der Waals surface area contributed by atoms with Gasteiger partial charge in [-0.3, -0.25) is 4.79 Å². The van der Waals surface area contributed by atoms with E-state index in [2.05, 4.69) is 24.7 Å². The van der Waals surface area contributed by atoms with E-state index in [0.717, 1.165) is 24.8 Å². The van der Waals surface area contributed by atoms with Gasteiger partial charge in [0.05, 0.1) is 13.7 Å². The van der Waals surface area contributed by atoms with Crippen molar-refractivity contribution in [1.29, 1.82) is 0 Å². The summed E-state index contributed by atoms with van der Waals surface area (Å²) in [5, 5.41) is 9.38. The van der Waals surface area contributed by atoms with Gasteiger partial charge in [-0.1, -0.05) is 19.9 Å². The first-order valence-corrected chi connectivity index (χ1v) is 5.91. The topological polar surface area (TPSA) is 46.5 Å². The molecule has 1 rings (SSSR count). The largest absolute Gasteiger partial charge is 0.469 e. The highest BCUT2D eigenvalue weighted by molar-refractivity contribution is 5.69. The molecule has 0 saturated carbocycles. The molecule has 92 valence electrons. The fourth-order valence-corrected chi connectivity index (χ4v) is 2.49. The zero-order valence-electron chi connectivity index (χ0n) is 10.5. The molecule has 3 nitrogen and oxygen atoms in total. The number of carbonyl (C=O) groups excluding carboxylic acids is 1. The number of allylic oxidation sites excluding steroid dienone is 1. The van der Waals surface area contributed by atoms with Crippen molar-refractivity contribution < 1.29 is 14.6 Å². The van der Waals surface area contributed by atoms with Gasteiger partial charge in [-0.15, -0.1) is 0 Å². The molecule has 0 fully saturated rings. The summed E-state index contributed by atoms with van der Waals surface area (Å²) >= 11 is 0. The molecule has 1 aliphatic carbocycles. The fourth-order valence-electron chi connectivity index (χ4n) is 2.49. The van der Waals surface area contributed by atoms with Crippen LogP contribution in [0.15, 0.2) is 11.6 Å². The van der Waals surface area contributed by atoms with Gasteiger partial charge in [0.1, 0.15) is 0 Å². The molecule has 0 spiro atoms. The van der Waals surface area contributed by atoms with E-state index in [0.29, 0.717) is 12.3 Å². The van der Waals surface area contributed by atoms with Gasteiger partial charge in [0.15, 0.2) is 0 Å². The van der Waals surface area contributed by atoms with Crippen LogP contribution >= 0.6 is 0 Å². The maximum absolute atomic E-state index is 11.2. The highest BCUT2D eigenvalue weighted by Gasteiger charge is 2.36. The summed E-state index contributed by atoms with van der Waals surface area (Å²) in [5.74, 6) is 0.334. The molecule has 0 aliphatic heterocycles. The number of esters is 1. The third-order valence-electron chi connectivity index (χ3n) is 4.06. The summed E-state index contributed by atoms with van der Waals surface area (Å²) in [4.78, 5) is 11.2. The van der Waals surface area contributed by atoms with Crippen molar-refractivity contribution in [2.24, 2.45) is 11.3 Å². The summed E-state index contributed by atoms with van der Waals surface area (Å²) in [6, 6.07) is 0. The normalized spacial score (nSPS) is 29.8. The summed E-state index contributed by atoms with van der Waals surface area (Å²) < 4.78 is 4.67. The van der Waals surface area contributed by atoms with Crippen LogP contribution in [0.5, 0.6) is 0 Å². The van der Waals surface area contributed by atoms with Gasteiger partial charge in [-0.2, -0.15) is 0 Å². The monoisotopic (exact) mass is 226 g/mol. The second-order valence-corrected chi connectivity index (χ2v) is 4.86. The van der Waals surface area contributed by atoms with E-state index in [-0.39, 0.29) is 18.0 Å². The standard InChI is InChI=1S/C13H22O3/c1-10-5-4-6-11(9-14)13(10,2)8-7-12(15)16-3/h6,10,14H,4-5,7-9H2,1-3H3/t10-,13+/m0/s1. The average Bonchev–Trinajstić information content (AvgIpc) is 2.29. The summed E-state index contributed by atoms with van der Waals surface area (Å²) in [7, 11) is 1.41. The van der Waals surface area contributed by atoms with Crippen LogP contribution in [0.2, 0.25) is 0 Å². The maximum atomic E-state index is 11.2. The molecule has 3 heteroatoms. The first-order chi connectivity index (χ1) is 7.54. The van der Waals surface area contributed by atoms with Gasteiger partial charge in [0.25, 0.3) is 0 Å². The Labute approximate surface area is 97.5 Å². The van der Waals surface area contributed by atoms with Crippen molar-refractivity contribution >= 4 is 5.97 Å². The Hall–Kier alpha value is -0.830. The van der Waals surface area contributed by atoms with Crippen LogP contribution in [-0.4, -0.2) is 24.8 Å². The minimum absolute atomic E-state index is 0.0544. The van der Waals surface area contributed by atoms with Gasteiger partial charge in [-0.05, 0) is 36.2 Å². The smallest absolute Gasteiger partial charge is 0.305 e. The molecular formula is C13H22O3. The van der Waals surface area contributed by atoms with E-state index in [4.69, 9.17) is 0 Å². The van der Waals surface area contributed by atoms with Crippen LogP contribution in [0.4, 0.5) is 0 Å². The Kier molecular flexibility index (Phi) is 4.54. The number of hydrogen-bond donors (Lipinski definition) is 1. The number of aliphatic hydroxyl groups excluding tert-OH is 1. The highest BCUT2D eigenvalue weighted by Crippen LogP contribution is 2.45. The Bertz CT molecular complexity index is 283. The average molecular weight is 226 g/mol. The molecule has 0 amide bonds. The van der Waals surface area contributed by atoms with Crippen LogP contribution in [0, 0.1) is 11.3 Å². The zero-order chi connectivity index (χ0) is 12.2. The molecule has 0 radical (unpaired) electrons. The lowest BCUT2D eigenvalue weighted by atomic mass is 9.65. The predicted octanol–water partition coefficient (Wildman–Crippen LogP) is 2.29. The minimum atomic E-state index is -0.170. The van der Waals surface area contributed by atoms with E-state index in [1.165, 1.54) is 7.11 Å². The quantitative estimate of drug-likeness (QED) is 0.591. The van der Waals surface area contributed by atoms with Crippen LogP contribution in [0.25, 0.3) is 0 Å². The summed E-state index contributed by atoms with van der Waals surface area (Å²) in [6.45, 7) is 4.43. The summed E-state index contributed by atoms with van der Waals surface area (Å²) in [5.41, 5.74) is 1.02. The zero-order valence-corrected chi connectivity index (χ0v) is 10.5. The van der Waals surface area contributed by atoms with Gasteiger partial charge < -0.3 is 9.84 Å². The highest BCUT2D eigenvalue weighted by atomic mass is 16.5. The van der Waals surface area contributed by atoms with Crippen molar-refractivity contribution in [3.05, 3.63) is 11.6 Å². The second-order valence-electron chi connectivity index (χ2n) is 4.86. The number of methoxy groups -OCH3 is 1. The number of rotatable bonds is 4. The van der Waals surface area contributed by atoms with E-state index in [9.17, 15) is 9.90 Å². The Morgan fingerprint density at radius 3 is 2.94 bits per heavy atom. The number of hydrogen-bond acceptors (Lipinski definition) is 3.